The lowest BCUT2D eigenvalue weighted by molar-refractivity contribution is -0.117. The van der Waals surface area contributed by atoms with Crippen LogP contribution in [0.2, 0.25) is 0 Å². The third-order valence-corrected chi connectivity index (χ3v) is 5.42. The summed E-state index contributed by atoms with van der Waals surface area (Å²) in [6, 6.07) is 6.68. The summed E-state index contributed by atoms with van der Waals surface area (Å²) in [5, 5.41) is 4.81. The predicted molar refractivity (Wildman–Crippen MR) is 114 cm³/mol. The molecule has 0 radical (unpaired) electrons. The number of fused-ring (bicyclic) bond motifs is 2. The highest BCUT2D eigenvalue weighted by molar-refractivity contribution is 7.17. The fraction of sp³-hybridized carbons (Fsp3) is 0.150. The second kappa shape index (κ2) is 7.56. The number of carbonyl (C=O) groups excluding carboxylic acids is 2. The SMILES string of the molecule is Cc1cn2c(/C=C/C(=O)NNC(=O)c3nn(C)c(=O)c4ccccc34)c(C)nc2s1. The largest absolute Gasteiger partial charge is 0.290 e. The van der Waals surface area contributed by atoms with Crippen molar-refractivity contribution in [1.29, 1.82) is 0 Å². The van der Waals surface area contributed by atoms with E-state index in [4.69, 9.17) is 0 Å². The maximum Gasteiger partial charge on any atom is 0.290 e. The minimum Gasteiger partial charge on any atom is -0.290 e. The zero-order chi connectivity index (χ0) is 21.4. The molecule has 30 heavy (non-hydrogen) atoms. The van der Waals surface area contributed by atoms with Crippen molar-refractivity contribution in [1.82, 2.24) is 30.0 Å². The molecule has 3 heterocycles. The Hall–Kier alpha value is -3.79. The minimum absolute atomic E-state index is 0.0408. The number of nitrogens with one attached hydrogen (secondary N) is 2. The van der Waals surface area contributed by atoms with Crippen molar-refractivity contribution >= 4 is 45.0 Å². The lowest BCUT2D eigenvalue weighted by Gasteiger charge is -2.09. The van der Waals surface area contributed by atoms with E-state index in [1.54, 1.807) is 41.7 Å². The Bertz CT molecular complexity index is 1400. The number of hydrogen-bond donors (Lipinski definition) is 2. The number of imidazole rings is 1. The van der Waals surface area contributed by atoms with Crippen molar-refractivity contribution in [3.63, 3.8) is 0 Å². The van der Waals surface area contributed by atoms with Gasteiger partial charge in [-0.25, -0.2) is 9.67 Å². The Morgan fingerprint density at radius 1 is 1.13 bits per heavy atom. The summed E-state index contributed by atoms with van der Waals surface area (Å²) in [5.41, 5.74) is 6.00. The van der Waals surface area contributed by atoms with Gasteiger partial charge in [-0.3, -0.25) is 29.6 Å². The minimum atomic E-state index is -0.625. The lowest BCUT2D eigenvalue weighted by atomic mass is 10.1. The number of nitrogens with zero attached hydrogens (tertiary/aromatic N) is 4. The van der Waals surface area contributed by atoms with Gasteiger partial charge in [0, 0.05) is 29.6 Å². The third-order valence-electron chi connectivity index (χ3n) is 4.53. The normalized spacial score (nSPS) is 11.4. The second-order valence-electron chi connectivity index (χ2n) is 6.68. The topological polar surface area (TPSA) is 110 Å². The standard InChI is InChI=1S/C20H18N6O3S/c1-11-10-26-15(12(2)21-20(26)30-11)8-9-16(27)22-23-18(28)17-13-6-4-5-7-14(13)19(29)25(3)24-17/h4-10H,1-3H3,(H,22,27)(H,23,28)/b9-8+. The first-order chi connectivity index (χ1) is 14.3. The monoisotopic (exact) mass is 422 g/mol. The van der Waals surface area contributed by atoms with Gasteiger partial charge in [0.2, 0.25) is 0 Å². The van der Waals surface area contributed by atoms with Gasteiger partial charge < -0.3 is 0 Å². The van der Waals surface area contributed by atoms with Crippen LogP contribution in [-0.4, -0.2) is 31.0 Å². The molecule has 3 aromatic heterocycles. The van der Waals surface area contributed by atoms with Gasteiger partial charge in [0.1, 0.15) is 0 Å². The number of carbonyl (C=O) groups is 2. The fourth-order valence-corrected chi connectivity index (χ4v) is 4.00. The molecule has 0 unspecified atom stereocenters. The van der Waals surface area contributed by atoms with E-state index in [1.807, 2.05) is 24.4 Å². The average molecular weight is 422 g/mol. The van der Waals surface area contributed by atoms with E-state index in [9.17, 15) is 14.4 Å². The van der Waals surface area contributed by atoms with Gasteiger partial charge in [-0.15, -0.1) is 11.3 Å². The molecule has 10 heteroatoms. The highest BCUT2D eigenvalue weighted by Crippen LogP contribution is 2.21. The van der Waals surface area contributed by atoms with Crippen LogP contribution in [0, 0.1) is 13.8 Å². The molecule has 0 saturated heterocycles. The quantitative estimate of drug-likeness (QED) is 0.386. The van der Waals surface area contributed by atoms with E-state index in [2.05, 4.69) is 20.9 Å². The number of thiazole rings is 1. The van der Waals surface area contributed by atoms with Gasteiger partial charge in [0.05, 0.1) is 16.8 Å². The highest BCUT2D eigenvalue weighted by Gasteiger charge is 2.16. The molecule has 4 aromatic rings. The Labute approximate surface area is 174 Å². The summed E-state index contributed by atoms with van der Waals surface area (Å²) in [4.78, 5) is 43.3. The molecule has 152 valence electrons. The molecule has 0 spiro atoms. The second-order valence-corrected chi connectivity index (χ2v) is 7.89. The van der Waals surface area contributed by atoms with Crippen LogP contribution in [0.5, 0.6) is 0 Å². The molecule has 0 aliphatic rings. The van der Waals surface area contributed by atoms with Crippen LogP contribution in [0.15, 0.2) is 41.3 Å². The first kappa shape index (κ1) is 19.5. The number of amides is 2. The summed E-state index contributed by atoms with van der Waals surface area (Å²) in [6.07, 6.45) is 4.91. The van der Waals surface area contributed by atoms with Gasteiger partial charge in [-0.1, -0.05) is 18.2 Å². The van der Waals surface area contributed by atoms with Crippen molar-refractivity contribution in [2.24, 2.45) is 7.05 Å². The van der Waals surface area contributed by atoms with Crippen molar-refractivity contribution in [2.75, 3.05) is 0 Å². The number of benzene rings is 1. The molecule has 0 fully saturated rings. The van der Waals surface area contributed by atoms with E-state index >= 15 is 0 Å². The highest BCUT2D eigenvalue weighted by atomic mass is 32.1. The predicted octanol–water partition coefficient (Wildman–Crippen LogP) is 1.73. The van der Waals surface area contributed by atoms with Crippen LogP contribution in [0.1, 0.15) is 26.8 Å². The molecule has 0 bridgehead atoms. The molecule has 2 N–H and O–H groups in total. The van der Waals surface area contributed by atoms with Gasteiger partial charge in [-0.05, 0) is 26.0 Å². The Morgan fingerprint density at radius 3 is 2.63 bits per heavy atom. The number of hydrogen-bond acceptors (Lipinski definition) is 6. The van der Waals surface area contributed by atoms with Crippen LogP contribution in [-0.2, 0) is 11.8 Å². The van der Waals surface area contributed by atoms with Crippen molar-refractivity contribution in [3.8, 4) is 0 Å². The maximum absolute atomic E-state index is 12.6. The van der Waals surface area contributed by atoms with Crippen LogP contribution in [0.3, 0.4) is 0 Å². The fourth-order valence-electron chi connectivity index (χ4n) is 3.12. The van der Waals surface area contributed by atoms with Gasteiger partial charge in [-0.2, -0.15) is 5.10 Å². The van der Waals surface area contributed by atoms with Crippen molar-refractivity contribution in [2.45, 2.75) is 13.8 Å². The number of aromatic nitrogens is 4. The van der Waals surface area contributed by atoms with Crippen molar-refractivity contribution in [3.05, 3.63) is 68.9 Å². The lowest BCUT2D eigenvalue weighted by Crippen LogP contribution is -2.42. The van der Waals surface area contributed by atoms with E-state index in [0.29, 0.717) is 10.8 Å². The third kappa shape index (κ3) is 3.48. The molecule has 4 rings (SSSR count). The Kier molecular flexibility index (Phi) is 4.92. The van der Waals surface area contributed by atoms with E-state index in [0.717, 1.165) is 25.9 Å². The molecule has 2 amide bonds. The van der Waals surface area contributed by atoms with Gasteiger partial charge in [0.25, 0.3) is 17.4 Å². The van der Waals surface area contributed by atoms with Crippen molar-refractivity contribution < 1.29 is 9.59 Å². The molecular weight excluding hydrogens is 404 g/mol. The maximum atomic E-state index is 12.6. The number of hydrazine groups is 1. The summed E-state index contributed by atoms with van der Waals surface area (Å²) in [5.74, 6) is -1.14. The summed E-state index contributed by atoms with van der Waals surface area (Å²) in [6.45, 7) is 3.85. The van der Waals surface area contributed by atoms with E-state index < -0.39 is 11.8 Å². The summed E-state index contributed by atoms with van der Waals surface area (Å²) < 4.78 is 3.01. The smallest absolute Gasteiger partial charge is 0.290 e. The molecular formula is C20H18N6O3S. The van der Waals surface area contributed by atoms with Crippen LogP contribution >= 0.6 is 11.3 Å². The average Bonchev–Trinajstić information content (AvgIpc) is 3.21. The molecule has 0 saturated carbocycles. The van der Waals surface area contributed by atoms with Gasteiger partial charge in [0.15, 0.2) is 10.7 Å². The number of aryl methyl sites for hydroxylation is 3. The molecule has 9 nitrogen and oxygen atoms in total. The zero-order valence-corrected chi connectivity index (χ0v) is 17.3. The molecule has 0 aliphatic carbocycles. The number of rotatable bonds is 3. The zero-order valence-electron chi connectivity index (χ0n) is 16.5. The first-order valence-corrected chi connectivity index (χ1v) is 9.86. The Morgan fingerprint density at radius 2 is 1.87 bits per heavy atom. The van der Waals surface area contributed by atoms with E-state index in [1.165, 1.54) is 13.1 Å². The van der Waals surface area contributed by atoms with Crippen LogP contribution in [0.4, 0.5) is 0 Å². The van der Waals surface area contributed by atoms with Crippen LogP contribution in [0.25, 0.3) is 21.8 Å². The van der Waals surface area contributed by atoms with E-state index in [-0.39, 0.29) is 11.3 Å². The first-order valence-electron chi connectivity index (χ1n) is 9.04. The van der Waals surface area contributed by atoms with Gasteiger partial charge >= 0.3 is 0 Å². The summed E-state index contributed by atoms with van der Waals surface area (Å²) in [7, 11) is 1.47. The molecule has 0 atom stereocenters. The Balaban J connectivity index is 1.50. The van der Waals surface area contributed by atoms with Crippen LogP contribution < -0.4 is 16.4 Å². The summed E-state index contributed by atoms with van der Waals surface area (Å²) >= 11 is 1.57. The molecule has 0 aliphatic heterocycles. The molecule has 1 aromatic carbocycles.